The average molecular weight is 274 g/mol. The Kier molecular flexibility index (Phi) is 3.04. The van der Waals surface area contributed by atoms with Crippen LogP contribution in [0, 0.1) is 0 Å². The number of aliphatic hydroxyl groups is 2. The minimum atomic E-state index is -0.989. The molecule has 2 heterocycles. The fraction of sp³-hybridized carbons (Fsp3) is 0.286. The predicted molar refractivity (Wildman–Crippen MR) is 72.9 cm³/mol. The van der Waals surface area contributed by atoms with Gasteiger partial charge in [-0.2, -0.15) is 0 Å². The van der Waals surface area contributed by atoms with Crippen LogP contribution in [0.3, 0.4) is 0 Å². The van der Waals surface area contributed by atoms with Gasteiger partial charge in [0.15, 0.2) is 0 Å². The van der Waals surface area contributed by atoms with Crippen LogP contribution in [0.15, 0.2) is 30.3 Å². The number of hydrogen-bond acceptors (Lipinski definition) is 5. The van der Waals surface area contributed by atoms with E-state index in [0.29, 0.717) is 29.8 Å². The van der Waals surface area contributed by atoms with Gasteiger partial charge in [-0.25, -0.2) is 9.78 Å². The molecule has 6 heteroatoms. The number of anilines is 1. The number of carboxylic acids is 1. The Morgan fingerprint density at radius 3 is 2.50 bits per heavy atom. The fourth-order valence-corrected chi connectivity index (χ4v) is 2.46. The largest absolute Gasteiger partial charge is 0.478 e. The third kappa shape index (κ3) is 2.09. The van der Waals surface area contributed by atoms with Crippen LogP contribution in [0.1, 0.15) is 10.4 Å². The summed E-state index contributed by atoms with van der Waals surface area (Å²) in [6.45, 7) is 0.636. The van der Waals surface area contributed by atoms with E-state index < -0.39 is 18.2 Å². The van der Waals surface area contributed by atoms with E-state index in [1.165, 1.54) is 6.07 Å². The molecule has 1 aliphatic rings. The van der Waals surface area contributed by atoms with Crippen molar-refractivity contribution in [3.05, 3.63) is 35.9 Å². The van der Waals surface area contributed by atoms with E-state index in [1.54, 1.807) is 29.2 Å². The van der Waals surface area contributed by atoms with E-state index in [-0.39, 0.29) is 5.56 Å². The van der Waals surface area contributed by atoms with E-state index in [4.69, 9.17) is 5.11 Å². The van der Waals surface area contributed by atoms with Crippen LogP contribution in [-0.4, -0.2) is 51.6 Å². The highest BCUT2D eigenvalue weighted by Crippen LogP contribution is 2.24. The van der Waals surface area contributed by atoms with Crippen molar-refractivity contribution < 1.29 is 20.1 Å². The van der Waals surface area contributed by atoms with Crippen molar-refractivity contribution >= 4 is 22.7 Å². The van der Waals surface area contributed by atoms with Crippen LogP contribution in [0.2, 0.25) is 0 Å². The molecule has 0 amide bonds. The first-order valence-corrected chi connectivity index (χ1v) is 6.30. The molecular formula is C14H14N2O4. The summed E-state index contributed by atoms with van der Waals surface area (Å²) in [6, 6.07) is 8.34. The molecule has 104 valence electrons. The molecule has 0 radical (unpaired) electrons. The van der Waals surface area contributed by atoms with Gasteiger partial charge in [0, 0.05) is 18.5 Å². The Morgan fingerprint density at radius 2 is 1.85 bits per heavy atom. The number of β-amino-alcohol motifs (C(OH)–C–C–N with tert-alkyl or cyclic N) is 2. The van der Waals surface area contributed by atoms with Gasteiger partial charge < -0.3 is 20.2 Å². The van der Waals surface area contributed by atoms with Crippen LogP contribution < -0.4 is 4.90 Å². The molecule has 1 saturated heterocycles. The third-order valence-electron chi connectivity index (χ3n) is 3.53. The predicted octanol–water partition coefficient (Wildman–Crippen LogP) is 0.475. The normalized spacial score (nSPS) is 22.4. The van der Waals surface area contributed by atoms with Crippen molar-refractivity contribution in [1.29, 1.82) is 0 Å². The quantitative estimate of drug-likeness (QED) is 0.737. The number of rotatable bonds is 2. The number of benzene rings is 1. The molecule has 0 bridgehead atoms. The van der Waals surface area contributed by atoms with Gasteiger partial charge in [-0.1, -0.05) is 6.07 Å². The van der Waals surface area contributed by atoms with E-state index in [9.17, 15) is 15.0 Å². The summed E-state index contributed by atoms with van der Waals surface area (Å²) < 4.78 is 0. The number of carbonyl (C=O) groups is 1. The standard InChI is InChI=1S/C14H14N2O4/c17-11-6-16(7-12(11)18)13-5-4-8-9(14(19)20)2-1-3-10(8)15-13/h1-5,11-12,17-18H,6-7H2,(H,19,20). The zero-order valence-corrected chi connectivity index (χ0v) is 10.6. The number of aromatic nitrogens is 1. The molecule has 20 heavy (non-hydrogen) atoms. The van der Waals surface area contributed by atoms with Crippen LogP contribution in [0.4, 0.5) is 5.82 Å². The lowest BCUT2D eigenvalue weighted by molar-refractivity contribution is 0.0572. The summed E-state index contributed by atoms with van der Waals surface area (Å²) in [7, 11) is 0. The van der Waals surface area contributed by atoms with E-state index in [2.05, 4.69) is 4.98 Å². The van der Waals surface area contributed by atoms with Gasteiger partial charge in [0.2, 0.25) is 0 Å². The van der Waals surface area contributed by atoms with Gasteiger partial charge in [0.05, 0.1) is 23.3 Å². The maximum Gasteiger partial charge on any atom is 0.336 e. The minimum absolute atomic E-state index is 0.211. The van der Waals surface area contributed by atoms with Gasteiger partial charge in [-0.15, -0.1) is 0 Å². The van der Waals surface area contributed by atoms with E-state index in [1.807, 2.05) is 0 Å². The average Bonchev–Trinajstić information content (AvgIpc) is 2.77. The van der Waals surface area contributed by atoms with Crippen LogP contribution in [0.5, 0.6) is 0 Å². The van der Waals surface area contributed by atoms with Gasteiger partial charge in [-0.05, 0) is 24.3 Å². The first-order chi connectivity index (χ1) is 9.56. The first-order valence-electron chi connectivity index (χ1n) is 6.30. The number of fused-ring (bicyclic) bond motifs is 1. The molecule has 3 N–H and O–H groups in total. The first kappa shape index (κ1) is 12.8. The van der Waals surface area contributed by atoms with Crippen molar-refractivity contribution in [3.8, 4) is 0 Å². The number of hydrogen-bond donors (Lipinski definition) is 3. The summed E-state index contributed by atoms with van der Waals surface area (Å²) in [5.74, 6) is -0.368. The lowest BCUT2D eigenvalue weighted by atomic mass is 10.1. The maximum absolute atomic E-state index is 11.1. The van der Waals surface area contributed by atoms with Crippen molar-refractivity contribution in [2.24, 2.45) is 0 Å². The second-order valence-electron chi connectivity index (χ2n) is 4.89. The smallest absolute Gasteiger partial charge is 0.336 e. The summed E-state index contributed by atoms with van der Waals surface area (Å²) in [4.78, 5) is 17.3. The second kappa shape index (κ2) is 4.73. The molecule has 0 spiro atoms. The Labute approximate surface area is 114 Å². The Morgan fingerprint density at radius 1 is 1.15 bits per heavy atom. The molecule has 1 aliphatic heterocycles. The highest BCUT2D eigenvalue weighted by Gasteiger charge is 2.30. The molecule has 2 unspecified atom stereocenters. The molecule has 6 nitrogen and oxygen atoms in total. The fourth-order valence-electron chi connectivity index (χ4n) is 2.46. The van der Waals surface area contributed by atoms with Crippen LogP contribution in [-0.2, 0) is 0 Å². The van der Waals surface area contributed by atoms with Gasteiger partial charge >= 0.3 is 5.97 Å². The monoisotopic (exact) mass is 274 g/mol. The van der Waals surface area contributed by atoms with Crippen molar-refractivity contribution in [3.63, 3.8) is 0 Å². The molecule has 1 aromatic carbocycles. The number of carboxylic acid groups (broad SMARTS) is 1. The van der Waals surface area contributed by atoms with Crippen LogP contribution >= 0.6 is 0 Å². The van der Waals surface area contributed by atoms with Crippen molar-refractivity contribution in [2.75, 3.05) is 18.0 Å². The highest BCUT2D eigenvalue weighted by atomic mass is 16.4. The Hall–Kier alpha value is -2.18. The van der Waals surface area contributed by atoms with Gasteiger partial charge in [0.1, 0.15) is 5.82 Å². The number of aliphatic hydroxyl groups excluding tert-OH is 2. The Balaban J connectivity index is 2.02. The maximum atomic E-state index is 11.1. The van der Waals surface area contributed by atoms with E-state index in [0.717, 1.165) is 0 Å². The molecule has 3 rings (SSSR count). The second-order valence-corrected chi connectivity index (χ2v) is 4.89. The zero-order chi connectivity index (χ0) is 14.3. The summed E-state index contributed by atoms with van der Waals surface area (Å²) in [5, 5.41) is 28.8. The van der Waals surface area contributed by atoms with Gasteiger partial charge in [0.25, 0.3) is 0 Å². The van der Waals surface area contributed by atoms with Crippen LogP contribution in [0.25, 0.3) is 10.9 Å². The summed E-state index contributed by atoms with van der Waals surface area (Å²) in [6.07, 6.45) is -1.56. The molecular weight excluding hydrogens is 260 g/mol. The minimum Gasteiger partial charge on any atom is -0.478 e. The zero-order valence-electron chi connectivity index (χ0n) is 10.6. The molecule has 2 aromatic rings. The SMILES string of the molecule is O=C(O)c1cccc2nc(N3CC(O)C(O)C3)ccc12. The topological polar surface area (TPSA) is 93.9 Å². The number of nitrogens with zero attached hydrogens (tertiary/aromatic N) is 2. The summed E-state index contributed by atoms with van der Waals surface area (Å²) in [5.41, 5.74) is 0.793. The van der Waals surface area contributed by atoms with Crippen molar-refractivity contribution in [2.45, 2.75) is 12.2 Å². The molecule has 1 fully saturated rings. The third-order valence-corrected chi connectivity index (χ3v) is 3.53. The van der Waals surface area contributed by atoms with E-state index >= 15 is 0 Å². The lowest BCUT2D eigenvalue weighted by Gasteiger charge is -2.17. The summed E-state index contributed by atoms with van der Waals surface area (Å²) >= 11 is 0. The van der Waals surface area contributed by atoms with Crippen molar-refractivity contribution in [1.82, 2.24) is 4.98 Å². The number of aromatic carboxylic acids is 1. The molecule has 0 aliphatic carbocycles. The van der Waals surface area contributed by atoms with Gasteiger partial charge in [-0.3, -0.25) is 0 Å². The number of pyridine rings is 1. The molecule has 2 atom stereocenters. The highest BCUT2D eigenvalue weighted by molar-refractivity contribution is 6.02. The molecule has 0 saturated carbocycles. The Bertz CT molecular complexity index is 663. The molecule has 1 aromatic heterocycles. The lowest BCUT2D eigenvalue weighted by Crippen LogP contribution is -2.22.